The molecule has 1 amide bonds. The average molecular weight is 527 g/mol. The monoisotopic (exact) mass is 526 g/mol. The second-order valence-corrected chi connectivity index (χ2v) is 9.36. The number of amides is 1. The number of hydrogen-bond donors (Lipinski definition) is 4. The first-order valence-electron chi connectivity index (χ1n) is 12.3. The summed E-state index contributed by atoms with van der Waals surface area (Å²) in [5, 5.41) is 23.2. The van der Waals surface area contributed by atoms with Crippen LogP contribution in [-0.2, 0) is 4.79 Å². The number of hydrogen-bond acceptors (Lipinski definition) is 9. The van der Waals surface area contributed by atoms with Crippen molar-refractivity contribution in [3.8, 4) is 0 Å². The van der Waals surface area contributed by atoms with E-state index in [4.69, 9.17) is 0 Å². The summed E-state index contributed by atoms with van der Waals surface area (Å²) in [6.45, 7) is 9.67. The lowest BCUT2D eigenvalue weighted by atomic mass is 10.1. The maximum absolute atomic E-state index is 12.9. The third-order valence-corrected chi connectivity index (χ3v) is 5.96. The van der Waals surface area contributed by atoms with Gasteiger partial charge in [0.25, 0.3) is 5.69 Å². The van der Waals surface area contributed by atoms with E-state index >= 15 is 0 Å². The molecule has 4 N–H and O–H groups in total. The summed E-state index contributed by atoms with van der Waals surface area (Å²) in [4.78, 5) is 36.9. The predicted molar refractivity (Wildman–Crippen MR) is 153 cm³/mol. The second kappa shape index (κ2) is 11.5. The van der Waals surface area contributed by atoms with E-state index in [1.54, 1.807) is 13.0 Å². The Morgan fingerprint density at radius 1 is 0.795 bits per heavy atom. The zero-order valence-electron chi connectivity index (χ0n) is 22.4. The largest absolute Gasteiger partial charge is 0.342 e. The summed E-state index contributed by atoms with van der Waals surface area (Å²) in [5.74, 6) is 0.339. The quantitative estimate of drug-likeness (QED) is 0.154. The van der Waals surface area contributed by atoms with Crippen molar-refractivity contribution >= 4 is 46.5 Å². The highest BCUT2D eigenvalue weighted by atomic mass is 16.6. The molecule has 0 bridgehead atoms. The average Bonchev–Trinajstić information content (AvgIpc) is 2.87. The van der Waals surface area contributed by atoms with Crippen LogP contribution in [0, 0.1) is 37.8 Å². The molecule has 4 aromatic rings. The van der Waals surface area contributed by atoms with Gasteiger partial charge in [-0.1, -0.05) is 41.5 Å². The van der Waals surface area contributed by atoms with Gasteiger partial charge in [-0.3, -0.25) is 14.9 Å². The summed E-state index contributed by atoms with van der Waals surface area (Å²) in [7, 11) is 0. The molecule has 200 valence electrons. The molecule has 0 radical (unpaired) electrons. The molecule has 11 nitrogen and oxygen atoms in total. The SMILES string of the molecule is Cc1ccc(Nc2nc(Nc3ccc(C)cc3C)nc(NC(C)C(=O)Nc3cccc([N+](=O)[O-])c3)n2)c(C)c1. The third-order valence-electron chi connectivity index (χ3n) is 5.96. The molecule has 0 aliphatic carbocycles. The van der Waals surface area contributed by atoms with Crippen LogP contribution in [0.3, 0.4) is 0 Å². The molecule has 0 spiro atoms. The Morgan fingerprint density at radius 3 is 1.85 bits per heavy atom. The first kappa shape index (κ1) is 27.0. The van der Waals surface area contributed by atoms with Crippen molar-refractivity contribution in [3.63, 3.8) is 0 Å². The van der Waals surface area contributed by atoms with E-state index < -0.39 is 16.9 Å². The van der Waals surface area contributed by atoms with Crippen LogP contribution in [-0.4, -0.2) is 31.8 Å². The molecule has 1 heterocycles. The summed E-state index contributed by atoms with van der Waals surface area (Å²) in [5.41, 5.74) is 6.20. The number of nitrogens with one attached hydrogen (secondary N) is 4. The maximum atomic E-state index is 12.9. The standard InChI is InChI=1S/C28H30N8O3/c1-16-9-11-23(18(3)13-16)31-27-33-26(34-28(35-27)32-24-12-10-17(2)14-19(24)4)29-20(5)25(37)30-21-7-6-8-22(15-21)36(38)39/h6-15,20H,1-5H3,(H,30,37)(H3,29,31,32,33,34,35). The van der Waals surface area contributed by atoms with Crippen LogP contribution in [0.15, 0.2) is 60.7 Å². The molecule has 0 fully saturated rings. The van der Waals surface area contributed by atoms with Crippen LogP contribution in [0.5, 0.6) is 0 Å². The highest BCUT2D eigenvalue weighted by Gasteiger charge is 2.18. The summed E-state index contributed by atoms with van der Waals surface area (Å²) in [6.07, 6.45) is 0. The molecule has 1 aromatic heterocycles. The van der Waals surface area contributed by atoms with Crippen LogP contribution >= 0.6 is 0 Å². The van der Waals surface area contributed by atoms with Crippen molar-refractivity contribution < 1.29 is 9.72 Å². The molecule has 3 aromatic carbocycles. The molecule has 39 heavy (non-hydrogen) atoms. The summed E-state index contributed by atoms with van der Waals surface area (Å²) < 4.78 is 0. The minimum Gasteiger partial charge on any atom is -0.342 e. The van der Waals surface area contributed by atoms with Crippen LogP contribution in [0.25, 0.3) is 0 Å². The van der Waals surface area contributed by atoms with Gasteiger partial charge in [0.1, 0.15) is 6.04 Å². The lowest BCUT2D eigenvalue weighted by Gasteiger charge is -2.17. The normalized spacial score (nSPS) is 11.4. The number of aromatic nitrogens is 3. The molecule has 0 aliphatic heterocycles. The van der Waals surface area contributed by atoms with Gasteiger partial charge >= 0.3 is 0 Å². The number of nitro groups is 1. The Bertz CT molecular complexity index is 1470. The second-order valence-electron chi connectivity index (χ2n) is 9.36. The van der Waals surface area contributed by atoms with E-state index in [0.29, 0.717) is 5.69 Å². The molecule has 0 aliphatic rings. The van der Waals surface area contributed by atoms with Crippen molar-refractivity contribution in [2.75, 3.05) is 21.3 Å². The number of aryl methyl sites for hydroxylation is 4. The van der Waals surface area contributed by atoms with Crippen LogP contribution in [0.4, 0.5) is 40.6 Å². The zero-order valence-corrected chi connectivity index (χ0v) is 22.4. The van der Waals surface area contributed by atoms with Gasteiger partial charge in [-0.15, -0.1) is 0 Å². The Kier molecular flexibility index (Phi) is 7.99. The smallest absolute Gasteiger partial charge is 0.271 e. The number of carbonyl (C=O) groups excluding carboxylic acids is 1. The number of nitrogens with zero attached hydrogens (tertiary/aromatic N) is 4. The minimum absolute atomic E-state index is 0.116. The molecule has 4 rings (SSSR count). The minimum atomic E-state index is -0.769. The van der Waals surface area contributed by atoms with E-state index in [1.807, 2.05) is 52.0 Å². The van der Waals surface area contributed by atoms with Crippen LogP contribution in [0.2, 0.25) is 0 Å². The van der Waals surface area contributed by atoms with E-state index in [2.05, 4.69) is 48.4 Å². The zero-order chi connectivity index (χ0) is 28.1. The molecule has 1 atom stereocenters. The van der Waals surface area contributed by atoms with Crippen LogP contribution < -0.4 is 21.3 Å². The van der Waals surface area contributed by atoms with E-state index in [9.17, 15) is 14.9 Å². The van der Waals surface area contributed by atoms with Gasteiger partial charge in [0.2, 0.25) is 23.8 Å². The first-order valence-corrected chi connectivity index (χ1v) is 12.3. The topological polar surface area (TPSA) is 147 Å². The predicted octanol–water partition coefficient (Wildman–Crippen LogP) is 5.94. The lowest BCUT2D eigenvalue weighted by Crippen LogP contribution is -2.32. The number of non-ortho nitro benzene ring substituents is 1. The Labute approximate surface area is 226 Å². The van der Waals surface area contributed by atoms with E-state index in [-0.39, 0.29) is 23.5 Å². The Balaban J connectivity index is 1.59. The van der Waals surface area contributed by atoms with Gasteiger partial charge in [-0.05, 0) is 63.9 Å². The molecule has 1 unspecified atom stereocenters. The third kappa shape index (κ3) is 7.04. The van der Waals surface area contributed by atoms with Crippen LogP contribution in [0.1, 0.15) is 29.2 Å². The van der Waals surface area contributed by atoms with Gasteiger partial charge in [-0.25, -0.2) is 0 Å². The molecule has 0 saturated carbocycles. The fraction of sp³-hybridized carbons (Fsp3) is 0.214. The first-order chi connectivity index (χ1) is 18.6. The molecule has 0 saturated heterocycles. The van der Waals surface area contributed by atoms with Crippen molar-refractivity contribution in [1.82, 2.24) is 15.0 Å². The van der Waals surface area contributed by atoms with Gasteiger partial charge < -0.3 is 21.3 Å². The van der Waals surface area contributed by atoms with Crippen molar-refractivity contribution in [3.05, 3.63) is 93.0 Å². The Hall–Kier alpha value is -5.06. The van der Waals surface area contributed by atoms with Crippen molar-refractivity contribution in [2.24, 2.45) is 0 Å². The van der Waals surface area contributed by atoms with Crippen molar-refractivity contribution in [2.45, 2.75) is 40.7 Å². The lowest BCUT2D eigenvalue weighted by molar-refractivity contribution is -0.384. The number of nitro benzene ring substituents is 1. The molecule has 11 heteroatoms. The number of carbonyl (C=O) groups is 1. The van der Waals surface area contributed by atoms with E-state index in [1.165, 1.54) is 18.2 Å². The van der Waals surface area contributed by atoms with Gasteiger partial charge in [0, 0.05) is 29.2 Å². The maximum Gasteiger partial charge on any atom is 0.271 e. The highest BCUT2D eigenvalue weighted by Crippen LogP contribution is 2.24. The number of benzene rings is 3. The number of rotatable bonds is 9. The van der Waals surface area contributed by atoms with E-state index in [0.717, 1.165) is 33.6 Å². The Morgan fingerprint density at radius 2 is 1.33 bits per heavy atom. The van der Waals surface area contributed by atoms with Gasteiger partial charge in [0.15, 0.2) is 0 Å². The van der Waals surface area contributed by atoms with Gasteiger partial charge in [-0.2, -0.15) is 15.0 Å². The molecular weight excluding hydrogens is 496 g/mol. The molecular formula is C28H30N8O3. The number of anilines is 6. The van der Waals surface area contributed by atoms with Gasteiger partial charge in [0.05, 0.1) is 4.92 Å². The highest BCUT2D eigenvalue weighted by molar-refractivity contribution is 5.96. The fourth-order valence-electron chi connectivity index (χ4n) is 3.91. The summed E-state index contributed by atoms with van der Waals surface area (Å²) >= 11 is 0. The van der Waals surface area contributed by atoms with Crippen molar-refractivity contribution in [1.29, 1.82) is 0 Å². The summed E-state index contributed by atoms with van der Waals surface area (Å²) in [6, 6.07) is 17.0. The fourth-order valence-corrected chi connectivity index (χ4v) is 3.91.